The fraction of sp³-hybridized carbons (Fsp3) is 0.833. The number of hydrogen-bond donors (Lipinski definition) is 1. The number of alkyl halides is 7. The molecule has 0 saturated heterocycles. The molecule has 10 heteroatoms. The zero-order chi connectivity index (χ0) is 13.2. The van der Waals surface area contributed by atoms with Crippen LogP contribution in [-0.4, -0.2) is 42.3 Å². The number of carbonyl (C=O) groups excluding carboxylic acids is 1. The molecular weight excluding hydrogens is 253 g/mol. The average molecular weight is 258 g/mol. The molecule has 0 aliphatic heterocycles. The van der Waals surface area contributed by atoms with Gasteiger partial charge in [-0.05, 0) is 0 Å². The summed E-state index contributed by atoms with van der Waals surface area (Å²) in [7, 11) is 0. The Morgan fingerprint density at radius 2 is 1.50 bits per heavy atom. The molecule has 0 aromatic heterocycles. The number of rotatable bonds is 4. The van der Waals surface area contributed by atoms with Gasteiger partial charge in [0.2, 0.25) is 0 Å². The topological polar surface area (TPSA) is 46.5 Å². The maximum absolute atomic E-state index is 12.4. The van der Waals surface area contributed by atoms with Gasteiger partial charge in [-0.25, -0.2) is 4.79 Å². The normalized spacial score (nSPS) is 13.8. The molecule has 0 aromatic rings. The Labute approximate surface area is 83.8 Å². The predicted molar refractivity (Wildman–Crippen MR) is 34.0 cm³/mol. The second-order valence-corrected chi connectivity index (χ2v) is 2.51. The van der Waals surface area contributed by atoms with E-state index in [0.717, 1.165) is 0 Å². The van der Waals surface area contributed by atoms with Crippen molar-refractivity contribution >= 4 is 5.97 Å². The van der Waals surface area contributed by atoms with Crippen LogP contribution in [0.1, 0.15) is 0 Å². The van der Waals surface area contributed by atoms with Crippen LogP contribution in [0.3, 0.4) is 0 Å². The zero-order valence-electron chi connectivity index (χ0n) is 7.32. The lowest BCUT2D eigenvalue weighted by atomic mass is 10.1. The largest absolute Gasteiger partial charge is 0.460 e. The molecule has 0 atom stereocenters. The SMILES string of the molecule is O=C(OCCO)C(F)(F)C(F)(F)C(F)(F)F. The van der Waals surface area contributed by atoms with Crippen molar-refractivity contribution in [2.24, 2.45) is 0 Å². The summed E-state index contributed by atoms with van der Waals surface area (Å²) in [5.41, 5.74) is 0. The van der Waals surface area contributed by atoms with Gasteiger partial charge in [0, 0.05) is 0 Å². The molecular formula is C6H5F7O3. The van der Waals surface area contributed by atoms with E-state index in [9.17, 15) is 35.5 Å². The van der Waals surface area contributed by atoms with E-state index < -0.39 is 37.2 Å². The Morgan fingerprint density at radius 3 is 1.81 bits per heavy atom. The monoisotopic (exact) mass is 258 g/mol. The van der Waals surface area contributed by atoms with Gasteiger partial charge in [-0.15, -0.1) is 0 Å². The van der Waals surface area contributed by atoms with Crippen LogP contribution < -0.4 is 0 Å². The van der Waals surface area contributed by atoms with Crippen molar-refractivity contribution in [2.45, 2.75) is 18.0 Å². The maximum atomic E-state index is 12.4. The summed E-state index contributed by atoms with van der Waals surface area (Å²) in [4.78, 5) is 10.3. The van der Waals surface area contributed by atoms with Crippen molar-refractivity contribution in [3.8, 4) is 0 Å². The smallest absolute Gasteiger partial charge is 0.459 e. The summed E-state index contributed by atoms with van der Waals surface area (Å²) in [6, 6.07) is 0. The van der Waals surface area contributed by atoms with Gasteiger partial charge in [0.1, 0.15) is 6.61 Å². The first kappa shape index (κ1) is 14.9. The van der Waals surface area contributed by atoms with Gasteiger partial charge >= 0.3 is 24.0 Å². The molecule has 0 radical (unpaired) electrons. The van der Waals surface area contributed by atoms with E-state index >= 15 is 0 Å². The van der Waals surface area contributed by atoms with E-state index in [4.69, 9.17) is 5.11 Å². The minimum absolute atomic E-state index is 0.987. The van der Waals surface area contributed by atoms with Crippen LogP contribution in [0.5, 0.6) is 0 Å². The summed E-state index contributed by atoms with van der Waals surface area (Å²) >= 11 is 0. The van der Waals surface area contributed by atoms with Crippen molar-refractivity contribution in [1.82, 2.24) is 0 Å². The average Bonchev–Trinajstić information content (AvgIpc) is 2.11. The van der Waals surface area contributed by atoms with E-state index in [-0.39, 0.29) is 0 Å². The lowest BCUT2D eigenvalue weighted by molar-refractivity contribution is -0.348. The molecule has 0 heterocycles. The Bertz CT molecular complexity index is 259. The molecule has 1 N–H and O–H groups in total. The number of esters is 1. The quantitative estimate of drug-likeness (QED) is 0.611. The third-order valence-corrected chi connectivity index (χ3v) is 1.33. The molecule has 16 heavy (non-hydrogen) atoms. The van der Waals surface area contributed by atoms with E-state index in [2.05, 4.69) is 4.74 Å². The van der Waals surface area contributed by atoms with Gasteiger partial charge in [-0.3, -0.25) is 0 Å². The molecule has 0 amide bonds. The van der Waals surface area contributed by atoms with Crippen LogP contribution >= 0.6 is 0 Å². The van der Waals surface area contributed by atoms with Crippen LogP contribution in [-0.2, 0) is 9.53 Å². The summed E-state index contributed by atoms with van der Waals surface area (Å²) in [6.45, 7) is -2.10. The first-order valence-corrected chi connectivity index (χ1v) is 3.59. The van der Waals surface area contributed by atoms with Crippen LogP contribution in [0.25, 0.3) is 0 Å². The molecule has 96 valence electrons. The minimum atomic E-state index is -6.59. The zero-order valence-corrected chi connectivity index (χ0v) is 7.32. The van der Waals surface area contributed by atoms with E-state index in [1.54, 1.807) is 0 Å². The molecule has 0 unspecified atom stereocenters. The fourth-order valence-electron chi connectivity index (χ4n) is 0.535. The summed E-state index contributed by atoms with van der Waals surface area (Å²) in [5.74, 6) is -15.6. The van der Waals surface area contributed by atoms with Gasteiger partial charge in [-0.2, -0.15) is 30.7 Å². The van der Waals surface area contributed by atoms with Gasteiger partial charge in [-0.1, -0.05) is 0 Å². The van der Waals surface area contributed by atoms with E-state index in [0.29, 0.717) is 0 Å². The number of ether oxygens (including phenoxy) is 1. The third-order valence-electron chi connectivity index (χ3n) is 1.33. The highest BCUT2D eigenvalue weighted by atomic mass is 19.4. The summed E-state index contributed by atoms with van der Waals surface area (Å²) in [6.07, 6.45) is -6.59. The minimum Gasteiger partial charge on any atom is -0.459 e. The Morgan fingerprint density at radius 1 is 1.06 bits per heavy atom. The molecule has 0 spiro atoms. The molecule has 0 aliphatic rings. The predicted octanol–water partition coefficient (Wildman–Crippen LogP) is 1.35. The van der Waals surface area contributed by atoms with Gasteiger partial charge in [0.25, 0.3) is 0 Å². The summed E-state index contributed by atoms with van der Waals surface area (Å²) < 4.78 is 87.0. The van der Waals surface area contributed by atoms with E-state index in [1.165, 1.54) is 0 Å². The number of hydrogen-bond acceptors (Lipinski definition) is 3. The number of aliphatic hydroxyl groups excluding tert-OH is 1. The number of halogens is 7. The van der Waals surface area contributed by atoms with Crippen molar-refractivity contribution in [1.29, 1.82) is 0 Å². The fourth-order valence-corrected chi connectivity index (χ4v) is 0.535. The second kappa shape index (κ2) is 4.44. The molecule has 0 saturated carbocycles. The highest BCUT2D eigenvalue weighted by Crippen LogP contribution is 2.46. The van der Waals surface area contributed by atoms with Crippen LogP contribution in [0.2, 0.25) is 0 Å². The highest BCUT2D eigenvalue weighted by molar-refractivity contribution is 5.79. The Kier molecular flexibility index (Phi) is 4.14. The molecule has 0 bridgehead atoms. The van der Waals surface area contributed by atoms with Gasteiger partial charge in [0.15, 0.2) is 0 Å². The first-order chi connectivity index (χ1) is 6.98. The lowest BCUT2D eigenvalue weighted by Crippen LogP contribution is -2.56. The Hall–Kier alpha value is -1.06. The van der Waals surface area contributed by atoms with Crippen molar-refractivity contribution < 1.29 is 45.4 Å². The standard InChI is InChI=1S/C6H5F7O3/c7-4(8,3(15)16-2-1-14)5(9,10)6(11,12)13/h14H,1-2H2. The maximum Gasteiger partial charge on any atom is 0.460 e. The van der Waals surface area contributed by atoms with Crippen molar-refractivity contribution in [2.75, 3.05) is 13.2 Å². The number of carbonyl (C=O) groups is 1. The van der Waals surface area contributed by atoms with E-state index in [1.807, 2.05) is 0 Å². The third kappa shape index (κ3) is 2.54. The van der Waals surface area contributed by atoms with Crippen molar-refractivity contribution in [3.05, 3.63) is 0 Å². The summed E-state index contributed by atoms with van der Waals surface area (Å²) in [5, 5.41) is 8.01. The molecule has 0 aliphatic carbocycles. The Balaban J connectivity index is 4.97. The molecule has 0 aromatic carbocycles. The van der Waals surface area contributed by atoms with Crippen LogP contribution in [0.15, 0.2) is 0 Å². The van der Waals surface area contributed by atoms with Gasteiger partial charge in [0.05, 0.1) is 6.61 Å². The first-order valence-electron chi connectivity index (χ1n) is 3.59. The van der Waals surface area contributed by atoms with Crippen LogP contribution in [0.4, 0.5) is 30.7 Å². The van der Waals surface area contributed by atoms with Gasteiger partial charge < -0.3 is 9.84 Å². The van der Waals surface area contributed by atoms with Crippen LogP contribution in [0, 0.1) is 0 Å². The van der Waals surface area contributed by atoms with Crippen molar-refractivity contribution in [3.63, 3.8) is 0 Å². The lowest BCUT2D eigenvalue weighted by Gasteiger charge is -2.26. The second-order valence-electron chi connectivity index (χ2n) is 2.51. The molecule has 0 fully saturated rings. The highest BCUT2D eigenvalue weighted by Gasteiger charge is 2.77. The number of aliphatic hydroxyl groups is 1. The molecule has 0 rings (SSSR count). The molecule has 3 nitrogen and oxygen atoms in total.